The molecule has 0 saturated heterocycles. The van der Waals surface area contributed by atoms with Crippen LogP contribution in [-0.4, -0.2) is 25.0 Å². The van der Waals surface area contributed by atoms with E-state index in [9.17, 15) is 12.8 Å². The first-order valence-electron chi connectivity index (χ1n) is 9.85. The number of hydrogen-bond donors (Lipinski definition) is 1. The first kappa shape index (κ1) is 21.5. The predicted octanol–water partition coefficient (Wildman–Crippen LogP) is 4.72. The second kappa shape index (κ2) is 9.19. The van der Waals surface area contributed by atoms with E-state index in [1.165, 1.54) is 12.1 Å². The number of oxazole rings is 1. The SMILES string of the molecule is CCOc1ccc(-c2nc(S(=O)(=O)c3ccc(F)cc3)c(NCc3cccnc3)o2)cc1. The van der Waals surface area contributed by atoms with Crippen LogP contribution in [0.15, 0.2) is 87.4 Å². The number of aromatic nitrogens is 2. The highest BCUT2D eigenvalue weighted by atomic mass is 32.2. The normalized spacial score (nSPS) is 11.3. The van der Waals surface area contributed by atoms with E-state index in [4.69, 9.17) is 9.15 Å². The van der Waals surface area contributed by atoms with Crippen molar-refractivity contribution >= 4 is 15.7 Å². The summed E-state index contributed by atoms with van der Waals surface area (Å²) < 4.78 is 51.1. The lowest BCUT2D eigenvalue weighted by Crippen LogP contribution is -2.07. The second-order valence-electron chi connectivity index (χ2n) is 6.78. The first-order valence-corrected chi connectivity index (χ1v) is 11.3. The Balaban J connectivity index is 1.73. The number of hydrogen-bond acceptors (Lipinski definition) is 7. The Kier molecular flexibility index (Phi) is 6.18. The second-order valence-corrected chi connectivity index (χ2v) is 8.65. The number of benzene rings is 2. The van der Waals surface area contributed by atoms with Gasteiger partial charge >= 0.3 is 0 Å². The lowest BCUT2D eigenvalue weighted by Gasteiger charge is -2.06. The zero-order valence-electron chi connectivity index (χ0n) is 17.2. The van der Waals surface area contributed by atoms with E-state index in [1.807, 2.05) is 13.0 Å². The summed E-state index contributed by atoms with van der Waals surface area (Å²) >= 11 is 0. The maximum absolute atomic E-state index is 13.3. The summed E-state index contributed by atoms with van der Waals surface area (Å²) in [6, 6.07) is 15.1. The molecule has 2 heterocycles. The van der Waals surface area contributed by atoms with Crippen LogP contribution in [0.2, 0.25) is 0 Å². The smallest absolute Gasteiger partial charge is 0.234 e. The number of ether oxygens (including phenoxy) is 1. The van der Waals surface area contributed by atoms with E-state index in [2.05, 4.69) is 15.3 Å². The minimum atomic E-state index is -4.07. The fourth-order valence-corrected chi connectivity index (χ4v) is 4.27. The topological polar surface area (TPSA) is 94.3 Å². The molecular formula is C23H20FN3O4S. The van der Waals surface area contributed by atoms with Crippen molar-refractivity contribution in [2.45, 2.75) is 23.4 Å². The first-order chi connectivity index (χ1) is 15.5. The Morgan fingerprint density at radius 1 is 1.06 bits per heavy atom. The molecule has 0 unspecified atom stereocenters. The maximum atomic E-state index is 13.3. The molecule has 2 aromatic heterocycles. The molecule has 0 atom stereocenters. The summed E-state index contributed by atoms with van der Waals surface area (Å²) in [4.78, 5) is 8.23. The van der Waals surface area contributed by atoms with Crippen molar-refractivity contribution in [3.63, 3.8) is 0 Å². The van der Waals surface area contributed by atoms with Gasteiger partial charge in [0.15, 0.2) is 0 Å². The summed E-state index contributed by atoms with van der Waals surface area (Å²) in [6.07, 6.45) is 3.30. The summed E-state index contributed by atoms with van der Waals surface area (Å²) in [7, 11) is -4.07. The Bertz CT molecular complexity index is 1290. The Labute approximate surface area is 184 Å². The van der Waals surface area contributed by atoms with Crippen LogP contribution >= 0.6 is 0 Å². The minimum absolute atomic E-state index is 0.0120. The average Bonchev–Trinajstić information content (AvgIpc) is 3.25. The Morgan fingerprint density at radius 3 is 2.47 bits per heavy atom. The van der Waals surface area contributed by atoms with Crippen molar-refractivity contribution < 1.29 is 22.0 Å². The van der Waals surface area contributed by atoms with Gasteiger partial charge in [0.1, 0.15) is 11.6 Å². The molecule has 0 bridgehead atoms. The molecule has 7 nitrogen and oxygen atoms in total. The highest BCUT2D eigenvalue weighted by Crippen LogP contribution is 2.33. The molecule has 0 aliphatic rings. The molecule has 0 spiro atoms. The van der Waals surface area contributed by atoms with E-state index in [1.54, 1.807) is 42.7 Å². The standard InChI is InChI=1S/C23H20FN3O4S/c1-2-30-19-9-5-17(6-10-19)21-27-23(32(28,29)20-11-7-18(24)8-12-20)22(31-21)26-15-16-4-3-13-25-14-16/h3-14,26H,2,15H2,1H3. The van der Waals surface area contributed by atoms with Crippen molar-refractivity contribution in [2.75, 3.05) is 11.9 Å². The monoisotopic (exact) mass is 453 g/mol. The van der Waals surface area contributed by atoms with Gasteiger partial charge in [-0.3, -0.25) is 4.98 Å². The quantitative estimate of drug-likeness (QED) is 0.386. The Hall–Kier alpha value is -3.72. The number of nitrogens with zero attached hydrogens (tertiary/aromatic N) is 2. The van der Waals surface area contributed by atoms with Gasteiger partial charge in [0.25, 0.3) is 0 Å². The van der Waals surface area contributed by atoms with Crippen molar-refractivity contribution in [3.8, 4) is 17.2 Å². The van der Waals surface area contributed by atoms with Gasteiger partial charge in [-0.25, -0.2) is 12.8 Å². The summed E-state index contributed by atoms with van der Waals surface area (Å²) in [6.45, 7) is 2.69. The van der Waals surface area contributed by atoms with Gasteiger partial charge in [-0.2, -0.15) is 4.98 Å². The van der Waals surface area contributed by atoms with E-state index in [0.29, 0.717) is 17.9 Å². The van der Waals surface area contributed by atoms with Crippen molar-refractivity contribution in [1.29, 1.82) is 0 Å². The van der Waals surface area contributed by atoms with E-state index >= 15 is 0 Å². The summed E-state index contributed by atoms with van der Waals surface area (Å²) in [5.41, 5.74) is 1.41. The molecule has 164 valence electrons. The van der Waals surface area contributed by atoms with Crippen molar-refractivity contribution in [1.82, 2.24) is 9.97 Å². The van der Waals surface area contributed by atoms with Gasteiger partial charge in [-0.1, -0.05) is 6.07 Å². The summed E-state index contributed by atoms with van der Waals surface area (Å²) in [5, 5.41) is 2.71. The van der Waals surface area contributed by atoms with Crippen LogP contribution < -0.4 is 10.1 Å². The third-order valence-corrected chi connectivity index (χ3v) is 6.24. The number of rotatable bonds is 8. The fraction of sp³-hybridized carbons (Fsp3) is 0.130. The number of sulfone groups is 1. The fourth-order valence-electron chi connectivity index (χ4n) is 2.99. The largest absolute Gasteiger partial charge is 0.494 e. The number of halogens is 1. The lowest BCUT2D eigenvalue weighted by atomic mass is 10.2. The molecule has 0 aliphatic heterocycles. The maximum Gasteiger partial charge on any atom is 0.234 e. The van der Waals surface area contributed by atoms with E-state index in [-0.39, 0.29) is 28.2 Å². The number of anilines is 1. The molecule has 4 aromatic rings. The zero-order chi connectivity index (χ0) is 22.6. The van der Waals surface area contributed by atoms with E-state index < -0.39 is 15.7 Å². The number of pyridine rings is 1. The molecule has 0 aliphatic carbocycles. The van der Waals surface area contributed by atoms with Crippen LogP contribution in [0, 0.1) is 5.82 Å². The Morgan fingerprint density at radius 2 is 1.81 bits per heavy atom. The molecule has 0 amide bonds. The van der Waals surface area contributed by atoms with Crippen LogP contribution in [0.25, 0.3) is 11.5 Å². The zero-order valence-corrected chi connectivity index (χ0v) is 18.0. The molecular weight excluding hydrogens is 433 g/mol. The molecule has 9 heteroatoms. The molecule has 1 N–H and O–H groups in total. The van der Waals surface area contributed by atoms with E-state index in [0.717, 1.165) is 17.7 Å². The highest BCUT2D eigenvalue weighted by molar-refractivity contribution is 7.91. The molecule has 0 saturated carbocycles. The van der Waals surface area contributed by atoms with Crippen molar-refractivity contribution in [2.24, 2.45) is 0 Å². The van der Waals surface area contributed by atoms with Crippen LogP contribution in [0.3, 0.4) is 0 Å². The van der Waals surface area contributed by atoms with Gasteiger partial charge in [-0.05, 0) is 67.1 Å². The van der Waals surface area contributed by atoms with Gasteiger partial charge < -0.3 is 14.5 Å². The molecule has 2 aromatic carbocycles. The molecule has 4 rings (SSSR count). The van der Waals surface area contributed by atoms with Crippen LogP contribution in [0.1, 0.15) is 12.5 Å². The summed E-state index contributed by atoms with van der Waals surface area (Å²) in [5.74, 6) is 0.260. The van der Waals surface area contributed by atoms with Crippen LogP contribution in [0.5, 0.6) is 5.75 Å². The van der Waals surface area contributed by atoms with Gasteiger partial charge in [0.05, 0.1) is 11.5 Å². The van der Waals surface area contributed by atoms with Gasteiger partial charge in [-0.15, -0.1) is 0 Å². The highest BCUT2D eigenvalue weighted by Gasteiger charge is 2.28. The molecule has 0 fully saturated rings. The molecule has 32 heavy (non-hydrogen) atoms. The average molecular weight is 453 g/mol. The van der Waals surface area contributed by atoms with Crippen LogP contribution in [-0.2, 0) is 16.4 Å². The minimum Gasteiger partial charge on any atom is -0.494 e. The predicted molar refractivity (Wildman–Crippen MR) is 117 cm³/mol. The lowest BCUT2D eigenvalue weighted by molar-refractivity contribution is 0.340. The van der Waals surface area contributed by atoms with Crippen molar-refractivity contribution in [3.05, 3.63) is 84.4 Å². The third kappa shape index (κ3) is 4.62. The van der Waals surface area contributed by atoms with Gasteiger partial charge in [0.2, 0.25) is 26.6 Å². The number of nitrogens with one attached hydrogen (secondary N) is 1. The van der Waals surface area contributed by atoms with Gasteiger partial charge in [0, 0.05) is 24.5 Å². The van der Waals surface area contributed by atoms with Crippen LogP contribution in [0.4, 0.5) is 10.3 Å². The third-order valence-electron chi connectivity index (χ3n) is 4.56. The molecule has 0 radical (unpaired) electrons.